The number of nitrogens with zero attached hydrogens (tertiary/aromatic N) is 2. The Kier molecular flexibility index (Phi) is 6.74. The number of rotatable bonds is 4. The summed E-state index contributed by atoms with van der Waals surface area (Å²) in [6.07, 6.45) is 0. The molecule has 1 aliphatic heterocycles. The van der Waals surface area contributed by atoms with E-state index in [9.17, 15) is 0 Å². The van der Waals surface area contributed by atoms with Crippen molar-refractivity contribution in [2.45, 2.75) is 24.7 Å². The van der Waals surface area contributed by atoms with Gasteiger partial charge in [0.25, 0.3) is 0 Å². The van der Waals surface area contributed by atoms with Gasteiger partial charge in [-0.3, -0.25) is 0 Å². The molecule has 60 heavy (non-hydrogen) atoms. The minimum Gasteiger partial charge on any atom is -0.310 e. The topological polar surface area (TPSA) is 8.17 Å². The minimum atomic E-state index is -0.517. The van der Waals surface area contributed by atoms with Gasteiger partial charge in [0.15, 0.2) is 0 Å². The molecule has 1 unspecified atom stereocenters. The highest BCUT2D eigenvalue weighted by Crippen LogP contribution is 2.62. The van der Waals surface area contributed by atoms with E-state index in [1.807, 2.05) is 0 Å². The Bertz CT molecular complexity index is 3420. The van der Waals surface area contributed by atoms with E-state index in [2.05, 4.69) is 230 Å². The highest BCUT2D eigenvalue weighted by molar-refractivity contribution is 6.13. The van der Waals surface area contributed by atoms with Crippen molar-refractivity contribution >= 4 is 38.9 Å². The van der Waals surface area contributed by atoms with Crippen molar-refractivity contribution in [3.05, 3.63) is 240 Å². The number of hydrogen-bond acceptors (Lipinski definition) is 1. The summed E-state index contributed by atoms with van der Waals surface area (Å²) in [5.41, 5.74) is 22.3. The molecule has 2 heterocycles. The minimum absolute atomic E-state index is 0.0612. The number of benzene rings is 9. The van der Waals surface area contributed by atoms with Gasteiger partial charge in [0.05, 0.1) is 27.8 Å². The molecular formula is C58H40N2. The van der Waals surface area contributed by atoms with E-state index in [-0.39, 0.29) is 5.41 Å². The van der Waals surface area contributed by atoms with Gasteiger partial charge in [-0.15, -0.1) is 0 Å². The normalized spacial score (nSPS) is 16.0. The smallest absolute Gasteiger partial charge is 0.0754 e. The molecule has 0 amide bonds. The second-order valence-electron chi connectivity index (χ2n) is 17.2. The van der Waals surface area contributed by atoms with Gasteiger partial charge in [0.1, 0.15) is 0 Å². The molecule has 2 aliphatic carbocycles. The Hall–Kier alpha value is -7.42. The van der Waals surface area contributed by atoms with Crippen LogP contribution in [0.1, 0.15) is 47.2 Å². The summed E-state index contributed by atoms with van der Waals surface area (Å²) in [5.74, 6) is 0. The molecule has 10 aromatic rings. The highest BCUT2D eigenvalue weighted by atomic mass is 15.1. The fraction of sp³-hybridized carbons (Fsp3) is 0.0690. The molecule has 0 radical (unpaired) electrons. The predicted octanol–water partition coefficient (Wildman–Crippen LogP) is 14.9. The molecule has 0 fully saturated rings. The van der Waals surface area contributed by atoms with Gasteiger partial charge < -0.3 is 9.47 Å². The zero-order chi connectivity index (χ0) is 39.7. The SMILES string of the molecule is CC1(C)c2ccccc2-c2cc(N(c3ccccc3)c3ccccc3-c3ccc4c(c3)C3(c5ccccc5-4)c4ccccc4-n4c5ccccc5c5cccc3c54)ccc21. The quantitative estimate of drug-likeness (QED) is 0.173. The zero-order valence-electron chi connectivity index (χ0n) is 33.5. The maximum atomic E-state index is 2.52. The molecule has 2 nitrogen and oxygen atoms in total. The summed E-state index contributed by atoms with van der Waals surface area (Å²) in [4.78, 5) is 2.45. The van der Waals surface area contributed by atoms with E-state index in [1.165, 1.54) is 94.3 Å². The summed E-state index contributed by atoms with van der Waals surface area (Å²) < 4.78 is 2.52. The third-order valence-corrected chi connectivity index (χ3v) is 14.0. The lowest BCUT2D eigenvalue weighted by molar-refractivity contribution is 0.660. The van der Waals surface area contributed by atoms with Crippen molar-refractivity contribution in [2.24, 2.45) is 0 Å². The number of anilines is 3. The van der Waals surface area contributed by atoms with E-state index in [4.69, 9.17) is 0 Å². The van der Waals surface area contributed by atoms with Crippen LogP contribution in [-0.2, 0) is 10.8 Å². The van der Waals surface area contributed by atoms with Gasteiger partial charge in [-0.05, 0) is 110 Å². The molecule has 282 valence electrons. The Morgan fingerprint density at radius 1 is 0.383 bits per heavy atom. The third kappa shape index (κ3) is 4.22. The van der Waals surface area contributed by atoms with Crippen LogP contribution in [0.3, 0.4) is 0 Å². The molecule has 13 rings (SSSR count). The first kappa shape index (κ1) is 33.5. The lowest BCUT2D eigenvalue weighted by Crippen LogP contribution is -2.33. The Balaban J connectivity index is 1.07. The molecule has 9 aromatic carbocycles. The van der Waals surface area contributed by atoms with Crippen molar-refractivity contribution in [1.29, 1.82) is 0 Å². The van der Waals surface area contributed by atoms with Crippen LogP contribution in [0.5, 0.6) is 0 Å². The maximum absolute atomic E-state index is 2.52. The lowest BCUT2D eigenvalue weighted by Gasteiger charge is -2.39. The summed E-state index contributed by atoms with van der Waals surface area (Å²) in [7, 11) is 0. The Morgan fingerprint density at radius 2 is 1.00 bits per heavy atom. The maximum Gasteiger partial charge on any atom is 0.0754 e. The molecule has 0 saturated carbocycles. The molecule has 2 heteroatoms. The van der Waals surface area contributed by atoms with Gasteiger partial charge >= 0.3 is 0 Å². The first-order valence-corrected chi connectivity index (χ1v) is 21.1. The van der Waals surface area contributed by atoms with Gasteiger partial charge in [-0.1, -0.05) is 172 Å². The van der Waals surface area contributed by atoms with Gasteiger partial charge in [0.2, 0.25) is 0 Å². The van der Waals surface area contributed by atoms with Gasteiger partial charge in [0, 0.05) is 33.1 Å². The van der Waals surface area contributed by atoms with Crippen LogP contribution in [-0.4, -0.2) is 4.57 Å². The summed E-state index contributed by atoms with van der Waals surface area (Å²) in [5, 5.41) is 2.58. The van der Waals surface area contributed by atoms with E-state index in [0.29, 0.717) is 0 Å². The summed E-state index contributed by atoms with van der Waals surface area (Å²) in [6.45, 7) is 4.70. The van der Waals surface area contributed by atoms with E-state index in [0.717, 1.165) is 17.1 Å². The molecule has 1 aromatic heterocycles. The van der Waals surface area contributed by atoms with Crippen molar-refractivity contribution in [3.8, 4) is 39.1 Å². The van der Waals surface area contributed by atoms with Gasteiger partial charge in [-0.25, -0.2) is 0 Å². The molecular weight excluding hydrogens is 725 g/mol. The number of para-hydroxylation sites is 5. The highest BCUT2D eigenvalue weighted by Gasteiger charge is 2.51. The van der Waals surface area contributed by atoms with Crippen LogP contribution in [0.2, 0.25) is 0 Å². The lowest BCUT2D eigenvalue weighted by atomic mass is 9.65. The Morgan fingerprint density at radius 3 is 1.85 bits per heavy atom. The first-order valence-electron chi connectivity index (χ1n) is 21.1. The number of aromatic nitrogens is 1. The van der Waals surface area contributed by atoms with E-state index in [1.54, 1.807) is 0 Å². The van der Waals surface area contributed by atoms with Crippen molar-refractivity contribution in [2.75, 3.05) is 4.90 Å². The zero-order valence-corrected chi connectivity index (χ0v) is 33.5. The van der Waals surface area contributed by atoms with Gasteiger partial charge in [-0.2, -0.15) is 0 Å². The van der Waals surface area contributed by atoms with Crippen LogP contribution < -0.4 is 4.90 Å². The summed E-state index contributed by atoms with van der Waals surface area (Å²) >= 11 is 0. The average molecular weight is 765 g/mol. The van der Waals surface area contributed by atoms with Crippen molar-refractivity contribution < 1.29 is 0 Å². The number of fused-ring (bicyclic) bond motifs is 15. The van der Waals surface area contributed by atoms with E-state index >= 15 is 0 Å². The van der Waals surface area contributed by atoms with Crippen LogP contribution in [0.25, 0.3) is 60.9 Å². The van der Waals surface area contributed by atoms with Crippen LogP contribution in [0, 0.1) is 0 Å². The largest absolute Gasteiger partial charge is 0.310 e. The molecule has 0 saturated heterocycles. The standard InChI is InChI=1S/C58H40N2/c1-57(2)47-24-10-6-21-42(47)46-36-39(32-34-48(46)57)59(38-17-4-3-5-18-38)53-28-13-8-19-40(53)37-31-33-43-41-20-7-11-25-49(41)58(52(43)35-37)50-26-12-15-30-55(50)60-54-29-14-9-22-44(54)45-23-16-27-51(58)56(45)60/h3-36H,1-2H3. The van der Waals surface area contributed by atoms with Crippen molar-refractivity contribution in [1.82, 2.24) is 4.57 Å². The number of hydrogen-bond donors (Lipinski definition) is 0. The monoisotopic (exact) mass is 764 g/mol. The van der Waals surface area contributed by atoms with Crippen LogP contribution >= 0.6 is 0 Å². The summed E-state index contributed by atoms with van der Waals surface area (Å²) in [6, 6.07) is 77.3. The second kappa shape index (κ2) is 12.1. The Labute approximate surface area is 350 Å². The molecule has 1 spiro atoms. The molecule has 3 aliphatic rings. The van der Waals surface area contributed by atoms with Crippen molar-refractivity contribution in [3.63, 3.8) is 0 Å². The molecule has 1 atom stereocenters. The fourth-order valence-electron chi connectivity index (χ4n) is 11.5. The first-order chi connectivity index (χ1) is 29.5. The third-order valence-electron chi connectivity index (χ3n) is 14.0. The van der Waals surface area contributed by atoms with Crippen LogP contribution in [0.4, 0.5) is 17.1 Å². The predicted molar refractivity (Wildman–Crippen MR) is 249 cm³/mol. The van der Waals surface area contributed by atoms with Crippen LogP contribution in [0.15, 0.2) is 206 Å². The second-order valence-corrected chi connectivity index (χ2v) is 17.2. The molecule has 0 bridgehead atoms. The molecule has 0 N–H and O–H groups in total. The fourth-order valence-corrected chi connectivity index (χ4v) is 11.5. The average Bonchev–Trinajstić information content (AvgIpc) is 3.88. The van der Waals surface area contributed by atoms with E-state index < -0.39 is 5.41 Å².